The maximum atomic E-state index is 12.7. The number of hydrogen-bond donors (Lipinski definition) is 0. The van der Waals surface area contributed by atoms with Gasteiger partial charge in [0.05, 0.1) is 37.4 Å². The molecule has 0 spiro atoms. The standard InChI is InChI=1S/C21H20N2O3/c1-25-20-9-8-14(12-21(20)26-2)15-10-18-17(19(24)11-15)13-22-23(18)16-6-4-3-5-7-16/h3-9,12-13,15H,10-11H2,1-2H3/t15-/m1/s1. The summed E-state index contributed by atoms with van der Waals surface area (Å²) < 4.78 is 12.6. The molecule has 1 atom stereocenters. The Bertz CT molecular complexity index is 947. The molecular formula is C21H20N2O3. The lowest BCUT2D eigenvalue weighted by atomic mass is 9.82. The van der Waals surface area contributed by atoms with Crippen LogP contribution in [0.4, 0.5) is 0 Å². The van der Waals surface area contributed by atoms with Gasteiger partial charge in [-0.15, -0.1) is 0 Å². The van der Waals surface area contributed by atoms with Crippen molar-refractivity contribution in [2.24, 2.45) is 0 Å². The van der Waals surface area contributed by atoms with Gasteiger partial charge in [0.2, 0.25) is 0 Å². The van der Waals surface area contributed by atoms with Crippen LogP contribution in [0.5, 0.6) is 11.5 Å². The van der Waals surface area contributed by atoms with E-state index in [9.17, 15) is 4.79 Å². The van der Waals surface area contributed by atoms with Gasteiger partial charge < -0.3 is 9.47 Å². The minimum atomic E-state index is 0.0916. The first-order chi connectivity index (χ1) is 12.7. The first kappa shape index (κ1) is 16.4. The summed E-state index contributed by atoms with van der Waals surface area (Å²) in [6.07, 6.45) is 2.92. The number of nitrogens with zero attached hydrogens (tertiary/aromatic N) is 2. The van der Waals surface area contributed by atoms with Crippen molar-refractivity contribution in [3.8, 4) is 17.2 Å². The van der Waals surface area contributed by atoms with E-state index < -0.39 is 0 Å². The van der Waals surface area contributed by atoms with Crippen LogP contribution in [-0.4, -0.2) is 29.8 Å². The molecule has 1 aliphatic carbocycles. The summed E-state index contributed by atoms with van der Waals surface area (Å²) in [6, 6.07) is 15.8. The zero-order valence-corrected chi connectivity index (χ0v) is 14.8. The fourth-order valence-electron chi connectivity index (χ4n) is 3.58. The highest BCUT2D eigenvalue weighted by Gasteiger charge is 2.30. The number of para-hydroxylation sites is 1. The molecule has 26 heavy (non-hydrogen) atoms. The number of carbonyl (C=O) groups excluding carboxylic acids is 1. The summed E-state index contributed by atoms with van der Waals surface area (Å²) in [5.41, 5.74) is 3.73. The molecular weight excluding hydrogens is 328 g/mol. The van der Waals surface area contributed by atoms with Crippen LogP contribution in [0.25, 0.3) is 5.69 Å². The molecule has 0 saturated heterocycles. The molecule has 2 aromatic carbocycles. The van der Waals surface area contributed by atoms with Gasteiger partial charge in [0, 0.05) is 6.42 Å². The van der Waals surface area contributed by atoms with E-state index in [4.69, 9.17) is 9.47 Å². The Kier molecular flexibility index (Phi) is 4.21. The summed E-state index contributed by atoms with van der Waals surface area (Å²) in [7, 11) is 3.24. The lowest BCUT2D eigenvalue weighted by molar-refractivity contribution is 0.0963. The molecule has 0 amide bonds. The van der Waals surface area contributed by atoms with Crippen molar-refractivity contribution in [1.29, 1.82) is 0 Å². The van der Waals surface area contributed by atoms with E-state index in [1.54, 1.807) is 20.4 Å². The van der Waals surface area contributed by atoms with Crippen LogP contribution in [0.2, 0.25) is 0 Å². The highest BCUT2D eigenvalue weighted by molar-refractivity contribution is 5.98. The molecule has 1 heterocycles. The minimum absolute atomic E-state index is 0.0916. The molecule has 0 bridgehead atoms. The van der Waals surface area contributed by atoms with E-state index in [-0.39, 0.29) is 11.7 Å². The largest absolute Gasteiger partial charge is 0.493 e. The fourth-order valence-corrected chi connectivity index (χ4v) is 3.58. The molecule has 5 heteroatoms. The Morgan fingerprint density at radius 3 is 2.50 bits per heavy atom. The summed E-state index contributed by atoms with van der Waals surface area (Å²) in [4.78, 5) is 12.7. The van der Waals surface area contributed by atoms with Crippen LogP contribution >= 0.6 is 0 Å². The predicted molar refractivity (Wildman–Crippen MR) is 98.5 cm³/mol. The lowest BCUT2D eigenvalue weighted by Gasteiger charge is -2.23. The van der Waals surface area contributed by atoms with Gasteiger partial charge in [-0.1, -0.05) is 24.3 Å². The van der Waals surface area contributed by atoms with Gasteiger partial charge in [0.25, 0.3) is 0 Å². The number of hydrogen-bond acceptors (Lipinski definition) is 4. The van der Waals surface area contributed by atoms with Gasteiger partial charge in [-0.3, -0.25) is 4.79 Å². The first-order valence-corrected chi connectivity index (χ1v) is 8.58. The Balaban J connectivity index is 1.72. The third-order valence-electron chi connectivity index (χ3n) is 4.92. The molecule has 0 radical (unpaired) electrons. The van der Waals surface area contributed by atoms with Gasteiger partial charge in [0.15, 0.2) is 17.3 Å². The highest BCUT2D eigenvalue weighted by Crippen LogP contribution is 2.37. The van der Waals surface area contributed by atoms with Gasteiger partial charge in [-0.05, 0) is 42.2 Å². The van der Waals surface area contributed by atoms with Gasteiger partial charge >= 0.3 is 0 Å². The Hall–Kier alpha value is -3.08. The SMILES string of the molecule is COc1ccc([C@H]2CC(=O)c3cnn(-c4ccccc4)c3C2)cc1OC. The molecule has 132 valence electrons. The number of ether oxygens (including phenoxy) is 2. The predicted octanol–water partition coefficient (Wildman–Crippen LogP) is 3.80. The summed E-state index contributed by atoms with van der Waals surface area (Å²) >= 11 is 0. The van der Waals surface area contributed by atoms with Gasteiger partial charge in [0.1, 0.15) is 0 Å². The van der Waals surface area contributed by atoms with Crippen molar-refractivity contribution in [2.75, 3.05) is 14.2 Å². The second-order valence-corrected chi connectivity index (χ2v) is 6.40. The van der Waals surface area contributed by atoms with E-state index in [1.165, 1.54) is 0 Å². The van der Waals surface area contributed by atoms with E-state index >= 15 is 0 Å². The number of rotatable bonds is 4. The van der Waals surface area contributed by atoms with Crippen LogP contribution in [0, 0.1) is 0 Å². The van der Waals surface area contributed by atoms with Crippen molar-refractivity contribution in [3.63, 3.8) is 0 Å². The van der Waals surface area contributed by atoms with Crippen LogP contribution in [0.1, 0.15) is 34.0 Å². The Morgan fingerprint density at radius 2 is 1.77 bits per heavy atom. The lowest BCUT2D eigenvalue weighted by Crippen LogP contribution is -2.20. The second kappa shape index (κ2) is 6.67. The van der Waals surface area contributed by atoms with Crippen molar-refractivity contribution in [2.45, 2.75) is 18.8 Å². The molecule has 5 nitrogen and oxygen atoms in total. The van der Waals surface area contributed by atoms with Crippen LogP contribution in [0.15, 0.2) is 54.7 Å². The van der Waals surface area contributed by atoms with Crippen molar-refractivity contribution >= 4 is 5.78 Å². The quantitative estimate of drug-likeness (QED) is 0.720. The molecule has 1 aromatic heterocycles. The fraction of sp³-hybridized carbons (Fsp3) is 0.238. The summed E-state index contributed by atoms with van der Waals surface area (Å²) in [6.45, 7) is 0. The number of aromatic nitrogens is 2. The smallest absolute Gasteiger partial charge is 0.166 e. The Labute approximate surface area is 152 Å². The van der Waals surface area contributed by atoms with Crippen molar-refractivity contribution in [1.82, 2.24) is 9.78 Å². The molecule has 0 N–H and O–H groups in total. The molecule has 0 unspecified atom stereocenters. The van der Waals surface area contributed by atoms with E-state index in [2.05, 4.69) is 5.10 Å². The van der Waals surface area contributed by atoms with E-state index in [1.807, 2.05) is 53.2 Å². The minimum Gasteiger partial charge on any atom is -0.493 e. The zero-order valence-electron chi connectivity index (χ0n) is 14.8. The molecule has 0 fully saturated rings. The zero-order chi connectivity index (χ0) is 18.1. The van der Waals surface area contributed by atoms with Crippen molar-refractivity contribution in [3.05, 3.63) is 71.5 Å². The third-order valence-corrected chi connectivity index (χ3v) is 4.92. The topological polar surface area (TPSA) is 53.3 Å². The number of ketones is 1. The number of fused-ring (bicyclic) bond motifs is 1. The van der Waals surface area contributed by atoms with Gasteiger partial charge in [-0.25, -0.2) is 4.68 Å². The third kappa shape index (κ3) is 2.75. The first-order valence-electron chi connectivity index (χ1n) is 8.58. The number of carbonyl (C=O) groups is 1. The average molecular weight is 348 g/mol. The van der Waals surface area contributed by atoms with E-state index in [0.717, 1.165) is 28.9 Å². The average Bonchev–Trinajstić information content (AvgIpc) is 3.12. The molecule has 3 aromatic rings. The van der Waals surface area contributed by atoms with Crippen LogP contribution in [-0.2, 0) is 6.42 Å². The molecule has 1 aliphatic rings. The molecule has 0 aliphatic heterocycles. The summed E-state index contributed by atoms with van der Waals surface area (Å²) in [5.74, 6) is 1.59. The number of benzene rings is 2. The molecule has 0 saturated carbocycles. The summed E-state index contributed by atoms with van der Waals surface area (Å²) in [5, 5.41) is 4.46. The monoisotopic (exact) mass is 348 g/mol. The maximum Gasteiger partial charge on any atom is 0.166 e. The van der Waals surface area contributed by atoms with E-state index in [0.29, 0.717) is 17.9 Å². The number of methoxy groups -OCH3 is 2. The number of Topliss-reactive ketones (excluding diaryl/α,β-unsaturated/α-hetero) is 1. The van der Waals surface area contributed by atoms with Crippen LogP contribution < -0.4 is 9.47 Å². The second-order valence-electron chi connectivity index (χ2n) is 6.40. The van der Waals surface area contributed by atoms with Gasteiger partial charge in [-0.2, -0.15) is 5.10 Å². The van der Waals surface area contributed by atoms with Crippen molar-refractivity contribution < 1.29 is 14.3 Å². The van der Waals surface area contributed by atoms with Crippen LogP contribution in [0.3, 0.4) is 0 Å². The maximum absolute atomic E-state index is 12.7. The Morgan fingerprint density at radius 1 is 1.00 bits per heavy atom. The highest BCUT2D eigenvalue weighted by atomic mass is 16.5. The normalized spacial score (nSPS) is 16.2. The molecule has 4 rings (SSSR count).